The van der Waals surface area contributed by atoms with Gasteiger partial charge in [0, 0.05) is 11.6 Å². The van der Waals surface area contributed by atoms with Crippen molar-refractivity contribution in [2.75, 3.05) is 26.7 Å². The van der Waals surface area contributed by atoms with Gasteiger partial charge >= 0.3 is 5.97 Å². The number of fused-ring (bicyclic) bond motifs is 1. The molecule has 0 saturated carbocycles. The van der Waals surface area contributed by atoms with Crippen molar-refractivity contribution in [2.24, 2.45) is 5.41 Å². The van der Waals surface area contributed by atoms with Crippen molar-refractivity contribution in [3.05, 3.63) is 71.4 Å². The fraction of sp³-hybridized carbons (Fsp3) is 0.467. The molecule has 0 bridgehead atoms. The number of rotatable bonds is 12. The molecule has 3 aromatic rings. The zero-order valence-corrected chi connectivity index (χ0v) is 21.3. The number of ether oxygens (including phenoxy) is 1. The van der Waals surface area contributed by atoms with Crippen LogP contribution in [0.5, 0.6) is 5.75 Å². The van der Waals surface area contributed by atoms with E-state index in [-0.39, 0.29) is 18.4 Å². The number of likely N-dealkylation sites (tertiary alicyclic amines) is 1. The number of aromatic nitrogens is 1. The summed E-state index contributed by atoms with van der Waals surface area (Å²) < 4.78 is 5.41. The standard InChI is InChI=1S/C30H38N2O4/c1-36-25-11-12-28-27(19-25)26(24(22-33)21-31-28)10-5-13-30(20-29(34)35)14-17-32(18-15-30)16-6-9-23-7-3-2-4-8-23/h2-4,7-8,11-12,19,21,33H,5-6,9-10,13-18,20,22H2,1H3,(H,34,35). The van der Waals surface area contributed by atoms with Gasteiger partial charge in [-0.05, 0) is 105 Å². The lowest BCUT2D eigenvalue weighted by molar-refractivity contribution is -0.140. The van der Waals surface area contributed by atoms with Gasteiger partial charge in [0.1, 0.15) is 5.75 Å². The molecule has 2 aromatic carbocycles. The number of nitrogens with zero attached hydrogens (tertiary/aromatic N) is 2. The topological polar surface area (TPSA) is 82.9 Å². The zero-order chi connectivity index (χ0) is 25.4. The molecule has 1 saturated heterocycles. The SMILES string of the molecule is COc1ccc2ncc(CO)c(CCCC3(CC(=O)O)CCN(CCCc4ccccc4)CC3)c2c1. The summed E-state index contributed by atoms with van der Waals surface area (Å²) in [5.74, 6) is 0.0605. The van der Waals surface area contributed by atoms with Crippen LogP contribution in [0, 0.1) is 5.41 Å². The molecular weight excluding hydrogens is 452 g/mol. The lowest BCUT2D eigenvalue weighted by Crippen LogP contribution is -2.41. The number of benzene rings is 2. The highest BCUT2D eigenvalue weighted by Gasteiger charge is 2.36. The monoisotopic (exact) mass is 490 g/mol. The Bertz CT molecular complexity index is 1140. The maximum Gasteiger partial charge on any atom is 0.303 e. The number of aliphatic carboxylic acids is 1. The van der Waals surface area contributed by atoms with Crippen molar-refractivity contribution in [3.8, 4) is 5.75 Å². The Hall–Kier alpha value is -2.96. The van der Waals surface area contributed by atoms with Crippen LogP contribution in [0.15, 0.2) is 54.7 Å². The molecule has 0 radical (unpaired) electrons. The molecule has 0 atom stereocenters. The maximum atomic E-state index is 11.8. The van der Waals surface area contributed by atoms with E-state index >= 15 is 0 Å². The van der Waals surface area contributed by atoms with Crippen molar-refractivity contribution >= 4 is 16.9 Å². The third kappa shape index (κ3) is 6.62. The molecule has 1 aliphatic heterocycles. The normalized spacial score (nSPS) is 15.7. The third-order valence-corrected chi connectivity index (χ3v) is 7.81. The Balaban J connectivity index is 1.37. The first-order chi connectivity index (χ1) is 17.5. The van der Waals surface area contributed by atoms with Crippen LogP contribution >= 0.6 is 0 Å². The minimum Gasteiger partial charge on any atom is -0.497 e. The minimum absolute atomic E-state index is 0.0618. The second kappa shape index (κ2) is 12.3. The van der Waals surface area contributed by atoms with Crippen molar-refractivity contribution < 1.29 is 19.7 Å². The van der Waals surface area contributed by atoms with Crippen LogP contribution in [0.1, 0.15) is 55.2 Å². The van der Waals surface area contributed by atoms with Gasteiger partial charge in [-0.2, -0.15) is 0 Å². The Kier molecular flexibility index (Phi) is 8.94. The average Bonchev–Trinajstić information content (AvgIpc) is 2.90. The van der Waals surface area contributed by atoms with E-state index in [0.717, 1.165) is 92.4 Å². The number of pyridine rings is 1. The summed E-state index contributed by atoms with van der Waals surface area (Å²) in [7, 11) is 1.65. The van der Waals surface area contributed by atoms with Crippen molar-refractivity contribution in [1.29, 1.82) is 0 Å². The van der Waals surface area contributed by atoms with E-state index in [2.05, 4.69) is 40.2 Å². The van der Waals surface area contributed by atoms with Gasteiger partial charge in [0.2, 0.25) is 0 Å². The number of methoxy groups -OCH3 is 1. The molecule has 4 rings (SSSR count). The van der Waals surface area contributed by atoms with Crippen LogP contribution < -0.4 is 4.74 Å². The molecule has 36 heavy (non-hydrogen) atoms. The Morgan fingerprint density at radius 1 is 1.08 bits per heavy atom. The molecule has 2 heterocycles. The van der Waals surface area contributed by atoms with Crippen molar-refractivity contribution in [2.45, 2.75) is 58.0 Å². The molecular formula is C30H38N2O4. The van der Waals surface area contributed by atoms with Crippen molar-refractivity contribution in [1.82, 2.24) is 9.88 Å². The first-order valence-electron chi connectivity index (χ1n) is 13.1. The first kappa shape index (κ1) is 26.1. The lowest BCUT2D eigenvalue weighted by Gasteiger charge is -2.41. The number of piperidine rings is 1. The molecule has 0 unspecified atom stereocenters. The third-order valence-electron chi connectivity index (χ3n) is 7.81. The summed E-state index contributed by atoms with van der Waals surface area (Å²) in [6, 6.07) is 16.4. The second-order valence-electron chi connectivity index (χ2n) is 10.2. The van der Waals surface area contributed by atoms with Gasteiger partial charge < -0.3 is 19.8 Å². The van der Waals surface area contributed by atoms with Crippen LogP contribution in [0.2, 0.25) is 0 Å². The number of carboxylic acids is 1. The number of hydrogen-bond donors (Lipinski definition) is 2. The minimum atomic E-state index is -0.706. The Labute approximate surface area is 213 Å². The fourth-order valence-corrected chi connectivity index (χ4v) is 5.70. The van der Waals surface area contributed by atoms with E-state index in [0.29, 0.717) is 0 Å². The number of aryl methyl sites for hydroxylation is 2. The molecule has 6 heteroatoms. The highest BCUT2D eigenvalue weighted by molar-refractivity contribution is 5.84. The van der Waals surface area contributed by atoms with E-state index in [1.54, 1.807) is 13.3 Å². The summed E-state index contributed by atoms with van der Waals surface area (Å²) in [6.45, 7) is 2.91. The van der Waals surface area contributed by atoms with Gasteiger partial charge in [0.05, 0.1) is 25.7 Å². The predicted octanol–water partition coefficient (Wildman–Crippen LogP) is 5.25. The summed E-state index contributed by atoms with van der Waals surface area (Å²) >= 11 is 0. The quantitative estimate of drug-likeness (QED) is 0.361. The van der Waals surface area contributed by atoms with Crippen LogP contribution in [0.25, 0.3) is 10.9 Å². The van der Waals surface area contributed by atoms with E-state index in [9.17, 15) is 15.0 Å². The number of hydrogen-bond acceptors (Lipinski definition) is 5. The molecule has 0 aliphatic carbocycles. The van der Waals surface area contributed by atoms with Gasteiger partial charge in [-0.3, -0.25) is 9.78 Å². The molecule has 1 fully saturated rings. The van der Waals surface area contributed by atoms with Gasteiger partial charge in [-0.1, -0.05) is 30.3 Å². The smallest absolute Gasteiger partial charge is 0.303 e. The van der Waals surface area contributed by atoms with Crippen LogP contribution in [-0.2, 0) is 24.2 Å². The van der Waals surface area contributed by atoms with Gasteiger partial charge in [0.15, 0.2) is 0 Å². The number of carbonyl (C=O) groups is 1. The van der Waals surface area contributed by atoms with E-state index in [1.807, 2.05) is 18.2 Å². The highest BCUT2D eigenvalue weighted by atomic mass is 16.5. The van der Waals surface area contributed by atoms with Crippen LogP contribution in [0.4, 0.5) is 0 Å². The molecule has 6 nitrogen and oxygen atoms in total. The van der Waals surface area contributed by atoms with E-state index in [4.69, 9.17) is 4.74 Å². The summed E-state index contributed by atoms with van der Waals surface area (Å²) in [5.41, 5.74) is 4.01. The second-order valence-corrected chi connectivity index (χ2v) is 10.2. The molecule has 0 spiro atoms. The van der Waals surface area contributed by atoms with Crippen LogP contribution in [-0.4, -0.2) is 52.8 Å². The first-order valence-corrected chi connectivity index (χ1v) is 13.1. The zero-order valence-electron chi connectivity index (χ0n) is 21.3. The molecule has 192 valence electrons. The fourth-order valence-electron chi connectivity index (χ4n) is 5.70. The summed E-state index contributed by atoms with van der Waals surface area (Å²) in [6.07, 6.45) is 8.55. The van der Waals surface area contributed by atoms with Gasteiger partial charge in [-0.25, -0.2) is 0 Å². The molecule has 1 aliphatic rings. The molecule has 1 aromatic heterocycles. The Morgan fingerprint density at radius 3 is 2.56 bits per heavy atom. The number of aliphatic hydroxyl groups excluding tert-OH is 1. The predicted molar refractivity (Wildman–Crippen MR) is 142 cm³/mol. The van der Waals surface area contributed by atoms with E-state index < -0.39 is 5.97 Å². The van der Waals surface area contributed by atoms with Crippen LogP contribution in [0.3, 0.4) is 0 Å². The number of carboxylic acid groups (broad SMARTS) is 1. The largest absolute Gasteiger partial charge is 0.497 e. The summed E-state index contributed by atoms with van der Waals surface area (Å²) in [5, 5.41) is 20.6. The number of aliphatic hydroxyl groups is 1. The lowest BCUT2D eigenvalue weighted by atomic mass is 9.71. The van der Waals surface area contributed by atoms with Gasteiger partial charge in [0.25, 0.3) is 0 Å². The average molecular weight is 491 g/mol. The Morgan fingerprint density at radius 2 is 1.86 bits per heavy atom. The molecule has 2 N–H and O–H groups in total. The van der Waals surface area contributed by atoms with E-state index in [1.165, 1.54) is 5.56 Å². The summed E-state index contributed by atoms with van der Waals surface area (Å²) in [4.78, 5) is 18.8. The van der Waals surface area contributed by atoms with Crippen molar-refractivity contribution in [3.63, 3.8) is 0 Å². The van der Waals surface area contributed by atoms with Gasteiger partial charge in [-0.15, -0.1) is 0 Å². The maximum absolute atomic E-state index is 11.8. The highest BCUT2D eigenvalue weighted by Crippen LogP contribution is 2.40. The molecule has 0 amide bonds.